The number of fused-ring (bicyclic) bond motifs is 1. The molecule has 20 heavy (non-hydrogen) atoms. The molecule has 1 N–H and O–H groups in total. The number of rotatable bonds is 5. The van der Waals surface area contributed by atoms with Gasteiger partial charge in [-0.1, -0.05) is 18.2 Å². The molecule has 0 bridgehead atoms. The van der Waals surface area contributed by atoms with Crippen molar-refractivity contribution in [3.63, 3.8) is 0 Å². The van der Waals surface area contributed by atoms with Gasteiger partial charge in [0.15, 0.2) is 0 Å². The molecule has 1 aliphatic heterocycles. The molecule has 0 fully saturated rings. The highest BCUT2D eigenvalue weighted by molar-refractivity contribution is 5.69. The van der Waals surface area contributed by atoms with Crippen LogP contribution in [0.1, 0.15) is 50.8 Å². The van der Waals surface area contributed by atoms with E-state index in [1.165, 1.54) is 0 Å². The van der Waals surface area contributed by atoms with Crippen molar-refractivity contribution in [2.24, 2.45) is 0 Å². The van der Waals surface area contributed by atoms with Gasteiger partial charge in [0, 0.05) is 18.4 Å². The average Bonchev–Trinajstić information content (AvgIpc) is 2.69. The molecule has 0 saturated heterocycles. The Morgan fingerprint density at radius 2 is 2.25 bits per heavy atom. The molecular weight excluding hydrogens is 256 g/mol. The first-order chi connectivity index (χ1) is 9.43. The molecule has 1 unspecified atom stereocenters. The maximum absolute atomic E-state index is 11.4. The molecule has 2 rings (SSSR count). The fourth-order valence-electron chi connectivity index (χ4n) is 2.55. The van der Waals surface area contributed by atoms with Crippen molar-refractivity contribution >= 4 is 5.97 Å². The smallest absolute Gasteiger partial charge is 0.305 e. The fraction of sp³-hybridized carbons (Fsp3) is 0.562. The summed E-state index contributed by atoms with van der Waals surface area (Å²) >= 11 is 0. The van der Waals surface area contributed by atoms with Gasteiger partial charge in [0.1, 0.15) is 11.4 Å². The van der Waals surface area contributed by atoms with Crippen molar-refractivity contribution in [3.8, 4) is 5.75 Å². The number of ether oxygens (including phenoxy) is 2. The third-order valence-corrected chi connectivity index (χ3v) is 3.41. The second-order valence-electron chi connectivity index (χ2n) is 5.73. The first-order valence-electron chi connectivity index (χ1n) is 7.07. The van der Waals surface area contributed by atoms with Gasteiger partial charge in [-0.25, -0.2) is 0 Å². The minimum atomic E-state index is -0.705. The fourth-order valence-corrected chi connectivity index (χ4v) is 2.55. The van der Waals surface area contributed by atoms with E-state index in [0.29, 0.717) is 13.0 Å². The summed E-state index contributed by atoms with van der Waals surface area (Å²) in [4.78, 5) is 11.4. The molecule has 4 heteroatoms. The third-order valence-electron chi connectivity index (χ3n) is 3.41. The molecule has 0 amide bonds. The van der Waals surface area contributed by atoms with E-state index in [9.17, 15) is 9.90 Å². The second kappa shape index (κ2) is 5.83. The lowest BCUT2D eigenvalue weighted by Gasteiger charge is -2.19. The van der Waals surface area contributed by atoms with Crippen molar-refractivity contribution in [2.45, 2.75) is 51.7 Å². The number of aliphatic hydroxyl groups excluding tert-OH is 1. The second-order valence-corrected chi connectivity index (χ2v) is 5.73. The number of esters is 1. The Morgan fingerprint density at radius 1 is 1.50 bits per heavy atom. The molecule has 0 aromatic heterocycles. The third kappa shape index (κ3) is 3.31. The maximum atomic E-state index is 11.4. The van der Waals surface area contributed by atoms with E-state index in [1.54, 1.807) is 6.92 Å². The van der Waals surface area contributed by atoms with Crippen LogP contribution in [0.4, 0.5) is 0 Å². The monoisotopic (exact) mass is 278 g/mol. The molecule has 1 atom stereocenters. The van der Waals surface area contributed by atoms with Crippen molar-refractivity contribution in [1.82, 2.24) is 0 Å². The Bertz CT molecular complexity index is 493. The van der Waals surface area contributed by atoms with Crippen molar-refractivity contribution in [2.75, 3.05) is 6.61 Å². The van der Waals surface area contributed by atoms with Crippen LogP contribution in [0.2, 0.25) is 0 Å². The van der Waals surface area contributed by atoms with Gasteiger partial charge >= 0.3 is 5.97 Å². The normalized spacial score (nSPS) is 17.2. The molecule has 0 radical (unpaired) electrons. The van der Waals surface area contributed by atoms with Crippen molar-refractivity contribution in [3.05, 3.63) is 29.3 Å². The molecule has 0 spiro atoms. The van der Waals surface area contributed by atoms with E-state index in [0.717, 1.165) is 23.3 Å². The molecule has 110 valence electrons. The highest BCUT2D eigenvalue weighted by atomic mass is 16.5. The number of aliphatic hydroxyl groups is 1. The molecule has 4 nitrogen and oxygen atoms in total. The van der Waals surface area contributed by atoms with Crippen molar-refractivity contribution < 1.29 is 19.4 Å². The number of benzene rings is 1. The summed E-state index contributed by atoms with van der Waals surface area (Å²) in [5.41, 5.74) is 1.64. The van der Waals surface area contributed by atoms with Gasteiger partial charge in [-0.3, -0.25) is 4.79 Å². The highest BCUT2D eigenvalue weighted by Gasteiger charge is 2.32. The van der Waals surface area contributed by atoms with Crippen LogP contribution in [0.25, 0.3) is 0 Å². The van der Waals surface area contributed by atoms with Crippen LogP contribution in [0.5, 0.6) is 5.75 Å². The lowest BCUT2D eigenvalue weighted by atomic mass is 9.97. The predicted octanol–water partition coefficient (Wildman–Crippen LogP) is 2.78. The van der Waals surface area contributed by atoms with Gasteiger partial charge in [-0.2, -0.15) is 0 Å². The SMILES string of the molecule is CCOC(=O)CCC(O)c1cccc2c1OC(C)(C)C2. The minimum absolute atomic E-state index is 0.210. The molecule has 1 heterocycles. The maximum Gasteiger partial charge on any atom is 0.305 e. The van der Waals surface area contributed by atoms with Crippen LogP contribution in [0, 0.1) is 0 Å². The van der Waals surface area contributed by atoms with Crippen LogP contribution in [0.3, 0.4) is 0 Å². The highest BCUT2D eigenvalue weighted by Crippen LogP contribution is 2.40. The predicted molar refractivity (Wildman–Crippen MR) is 75.7 cm³/mol. The lowest BCUT2D eigenvalue weighted by Crippen LogP contribution is -2.25. The van der Waals surface area contributed by atoms with Gasteiger partial charge in [0.05, 0.1) is 12.7 Å². The van der Waals surface area contributed by atoms with Gasteiger partial charge in [-0.15, -0.1) is 0 Å². The molecular formula is C16H22O4. The molecule has 1 aromatic rings. The van der Waals surface area contributed by atoms with Gasteiger partial charge in [0.2, 0.25) is 0 Å². The van der Waals surface area contributed by atoms with Crippen LogP contribution < -0.4 is 4.74 Å². The molecule has 0 aliphatic carbocycles. The number of para-hydroxylation sites is 1. The summed E-state index contributed by atoms with van der Waals surface area (Å²) < 4.78 is 10.8. The minimum Gasteiger partial charge on any atom is -0.487 e. The van der Waals surface area contributed by atoms with E-state index in [1.807, 2.05) is 32.0 Å². The Morgan fingerprint density at radius 3 is 2.95 bits per heavy atom. The summed E-state index contributed by atoms with van der Waals surface area (Å²) in [5, 5.41) is 10.3. The lowest BCUT2D eigenvalue weighted by molar-refractivity contribution is -0.143. The zero-order chi connectivity index (χ0) is 14.8. The van der Waals surface area contributed by atoms with Crippen molar-refractivity contribution in [1.29, 1.82) is 0 Å². The number of carbonyl (C=O) groups is 1. The largest absolute Gasteiger partial charge is 0.487 e. The van der Waals surface area contributed by atoms with E-state index in [-0.39, 0.29) is 18.0 Å². The van der Waals surface area contributed by atoms with Gasteiger partial charge in [0.25, 0.3) is 0 Å². The van der Waals surface area contributed by atoms with Gasteiger partial charge < -0.3 is 14.6 Å². The van der Waals surface area contributed by atoms with Crippen LogP contribution in [-0.2, 0) is 16.0 Å². The summed E-state index contributed by atoms with van der Waals surface area (Å²) in [5.74, 6) is 0.495. The standard InChI is InChI=1S/C16H22O4/c1-4-19-14(18)9-8-13(17)12-7-5-6-11-10-16(2,3)20-15(11)12/h5-7,13,17H,4,8-10H2,1-3H3. The van der Waals surface area contributed by atoms with E-state index in [2.05, 4.69) is 0 Å². The first kappa shape index (κ1) is 14.9. The number of carbonyl (C=O) groups excluding carboxylic acids is 1. The summed E-state index contributed by atoms with van der Waals surface area (Å²) in [6, 6.07) is 5.80. The van der Waals surface area contributed by atoms with E-state index in [4.69, 9.17) is 9.47 Å². The molecule has 1 aliphatic rings. The summed E-state index contributed by atoms with van der Waals surface area (Å²) in [6.07, 6.45) is 0.685. The Balaban J connectivity index is 2.07. The van der Waals surface area contributed by atoms with E-state index < -0.39 is 6.10 Å². The molecule has 1 aromatic carbocycles. The Labute approximate surface area is 119 Å². The van der Waals surface area contributed by atoms with E-state index >= 15 is 0 Å². The zero-order valence-electron chi connectivity index (χ0n) is 12.3. The van der Waals surface area contributed by atoms with Crippen LogP contribution >= 0.6 is 0 Å². The summed E-state index contributed by atoms with van der Waals surface area (Å²) in [7, 11) is 0. The topological polar surface area (TPSA) is 55.8 Å². The van der Waals surface area contributed by atoms with Crippen LogP contribution in [-0.4, -0.2) is 23.3 Å². The number of hydrogen-bond donors (Lipinski definition) is 1. The number of hydrogen-bond acceptors (Lipinski definition) is 4. The Kier molecular flexibility index (Phi) is 4.33. The Hall–Kier alpha value is -1.55. The quantitative estimate of drug-likeness (QED) is 0.841. The first-order valence-corrected chi connectivity index (χ1v) is 7.07. The average molecular weight is 278 g/mol. The summed E-state index contributed by atoms with van der Waals surface area (Å²) in [6.45, 7) is 6.20. The van der Waals surface area contributed by atoms with Gasteiger partial charge in [-0.05, 0) is 32.8 Å². The van der Waals surface area contributed by atoms with Crippen LogP contribution in [0.15, 0.2) is 18.2 Å². The molecule has 0 saturated carbocycles. The zero-order valence-corrected chi connectivity index (χ0v) is 12.3.